The molecule has 7 atom stereocenters. The van der Waals surface area contributed by atoms with Crippen molar-refractivity contribution in [2.45, 2.75) is 77.7 Å². The lowest BCUT2D eigenvalue weighted by Gasteiger charge is -2.60. The van der Waals surface area contributed by atoms with Gasteiger partial charge in [0.2, 0.25) is 0 Å². The summed E-state index contributed by atoms with van der Waals surface area (Å²) in [6, 6.07) is 0. The molecule has 0 unspecified atom stereocenters. The number of hydrogen-bond acceptors (Lipinski definition) is 2. The van der Waals surface area contributed by atoms with Crippen molar-refractivity contribution in [3.63, 3.8) is 0 Å². The third-order valence-electron chi connectivity index (χ3n) is 9.53. The van der Waals surface area contributed by atoms with Gasteiger partial charge in [-0.2, -0.15) is 5.10 Å². The van der Waals surface area contributed by atoms with E-state index in [2.05, 4.69) is 31.2 Å². The molecule has 1 N–H and O–H groups in total. The zero-order valence-electron chi connectivity index (χ0n) is 17.3. The Morgan fingerprint density at radius 1 is 1.07 bits per heavy atom. The third-order valence-corrected chi connectivity index (χ3v) is 9.53. The van der Waals surface area contributed by atoms with Crippen molar-refractivity contribution >= 4 is 6.08 Å². The number of rotatable bonds is 1. The normalized spacial score (nSPS) is 48.1. The Bertz CT molecular complexity index is 751. The smallest absolute Gasteiger partial charge is 0.0809 e. The standard InChI is InChI=1S/C24H36N2O/c1-23-10-5-4-6-18(23)7-8-19-20(23)9-11-24(2)21(19)13-17(22(24)27)12-16-14-25-26(3)15-16/h12,14-15,18-22,27H,4-11,13H2,1-3H3/b17-12+/t18-,19+,20-,21-,22-,23+,24-/m1/s1. The van der Waals surface area contributed by atoms with E-state index < -0.39 is 0 Å². The highest BCUT2D eigenvalue weighted by atomic mass is 16.3. The molecule has 4 fully saturated rings. The number of aromatic nitrogens is 2. The second kappa shape index (κ2) is 6.20. The summed E-state index contributed by atoms with van der Waals surface area (Å²) in [6.45, 7) is 5.02. The summed E-state index contributed by atoms with van der Waals surface area (Å²) in [4.78, 5) is 0. The molecule has 3 nitrogen and oxygen atoms in total. The summed E-state index contributed by atoms with van der Waals surface area (Å²) in [6.07, 6.45) is 18.2. The fourth-order valence-corrected chi connectivity index (χ4v) is 8.02. The van der Waals surface area contributed by atoms with Crippen LogP contribution in [-0.4, -0.2) is 21.0 Å². The minimum absolute atomic E-state index is 0.0765. The van der Waals surface area contributed by atoms with Gasteiger partial charge in [0.05, 0.1) is 12.3 Å². The molecule has 0 aromatic carbocycles. The maximum Gasteiger partial charge on any atom is 0.0809 e. The molecular formula is C24H36N2O. The van der Waals surface area contributed by atoms with Gasteiger partial charge in [-0.05, 0) is 79.6 Å². The lowest BCUT2D eigenvalue weighted by molar-refractivity contribution is -0.119. The lowest BCUT2D eigenvalue weighted by atomic mass is 9.45. The number of aliphatic hydroxyl groups excluding tert-OH is 1. The van der Waals surface area contributed by atoms with Gasteiger partial charge in [0.1, 0.15) is 0 Å². The average molecular weight is 369 g/mol. The molecule has 0 aliphatic heterocycles. The molecule has 148 valence electrons. The molecule has 0 spiro atoms. The summed E-state index contributed by atoms with van der Waals surface area (Å²) in [7, 11) is 1.96. The van der Waals surface area contributed by atoms with Crippen LogP contribution in [0, 0.1) is 34.5 Å². The topological polar surface area (TPSA) is 38.0 Å². The lowest BCUT2D eigenvalue weighted by Crippen LogP contribution is -2.53. The zero-order chi connectivity index (χ0) is 18.8. The van der Waals surface area contributed by atoms with E-state index in [-0.39, 0.29) is 11.5 Å². The monoisotopic (exact) mass is 368 g/mol. The van der Waals surface area contributed by atoms with Crippen molar-refractivity contribution in [3.05, 3.63) is 23.5 Å². The van der Waals surface area contributed by atoms with Gasteiger partial charge in [-0.1, -0.05) is 32.8 Å². The first kappa shape index (κ1) is 18.0. The van der Waals surface area contributed by atoms with Crippen molar-refractivity contribution in [3.8, 4) is 0 Å². The van der Waals surface area contributed by atoms with Gasteiger partial charge in [0.25, 0.3) is 0 Å². The first-order valence-corrected chi connectivity index (χ1v) is 11.3. The first-order valence-electron chi connectivity index (χ1n) is 11.3. The van der Waals surface area contributed by atoms with E-state index in [0.717, 1.165) is 29.7 Å². The number of nitrogens with zero attached hydrogens (tertiary/aromatic N) is 2. The van der Waals surface area contributed by atoms with E-state index in [9.17, 15) is 5.11 Å². The molecule has 4 aliphatic rings. The van der Waals surface area contributed by atoms with E-state index >= 15 is 0 Å². The van der Waals surface area contributed by atoms with Crippen molar-refractivity contribution in [1.29, 1.82) is 0 Å². The number of fused-ring (bicyclic) bond motifs is 5. The maximum atomic E-state index is 11.3. The molecule has 0 amide bonds. The van der Waals surface area contributed by atoms with Gasteiger partial charge in [-0.25, -0.2) is 0 Å². The highest BCUT2D eigenvalue weighted by Crippen LogP contribution is 2.66. The molecule has 3 heteroatoms. The molecular weight excluding hydrogens is 332 g/mol. The van der Waals surface area contributed by atoms with Crippen molar-refractivity contribution < 1.29 is 5.11 Å². The number of aliphatic hydroxyl groups is 1. The SMILES string of the molecule is Cn1cc(/C=C2\C[C@@H]3[C@H]4CC[C@H]5CCCC[C@]5(C)[C@@H]4CC[C@@]3(C)[C@@H]2O)cn1. The van der Waals surface area contributed by atoms with E-state index in [1.807, 2.05) is 17.9 Å². The largest absolute Gasteiger partial charge is 0.388 e. The van der Waals surface area contributed by atoms with Gasteiger partial charge in [0, 0.05) is 24.2 Å². The molecule has 1 aromatic heterocycles. The molecule has 4 aliphatic carbocycles. The molecule has 1 heterocycles. The van der Waals surface area contributed by atoms with Crippen molar-refractivity contribution in [2.75, 3.05) is 0 Å². The van der Waals surface area contributed by atoms with Gasteiger partial charge < -0.3 is 5.11 Å². The van der Waals surface area contributed by atoms with Crippen LogP contribution in [0.1, 0.15) is 77.2 Å². The van der Waals surface area contributed by atoms with Crippen LogP contribution in [0.5, 0.6) is 0 Å². The van der Waals surface area contributed by atoms with Gasteiger partial charge in [-0.15, -0.1) is 0 Å². The molecule has 0 saturated heterocycles. The Morgan fingerprint density at radius 3 is 2.70 bits per heavy atom. The Morgan fingerprint density at radius 2 is 1.93 bits per heavy atom. The van der Waals surface area contributed by atoms with Crippen LogP contribution in [-0.2, 0) is 7.05 Å². The highest BCUT2D eigenvalue weighted by molar-refractivity contribution is 5.54. The summed E-state index contributed by atoms with van der Waals surface area (Å²) < 4.78 is 1.85. The van der Waals surface area contributed by atoms with Crippen molar-refractivity contribution in [2.24, 2.45) is 41.5 Å². The number of aryl methyl sites for hydroxylation is 1. The Kier molecular flexibility index (Phi) is 4.13. The van der Waals surface area contributed by atoms with Crippen LogP contribution < -0.4 is 0 Å². The summed E-state index contributed by atoms with van der Waals surface area (Å²) >= 11 is 0. The molecule has 0 radical (unpaired) electrons. The average Bonchev–Trinajstić information content (AvgIpc) is 3.16. The predicted molar refractivity (Wildman–Crippen MR) is 109 cm³/mol. The van der Waals surface area contributed by atoms with Gasteiger partial charge in [-0.3, -0.25) is 4.68 Å². The van der Waals surface area contributed by atoms with Crippen molar-refractivity contribution in [1.82, 2.24) is 9.78 Å². The van der Waals surface area contributed by atoms with Crippen LogP contribution in [0.2, 0.25) is 0 Å². The summed E-state index contributed by atoms with van der Waals surface area (Å²) in [5.74, 6) is 3.33. The molecule has 5 rings (SSSR count). The molecule has 4 saturated carbocycles. The van der Waals surface area contributed by atoms with E-state index in [1.54, 1.807) is 0 Å². The third kappa shape index (κ3) is 2.60. The maximum absolute atomic E-state index is 11.3. The quantitative estimate of drug-likeness (QED) is 0.739. The molecule has 1 aromatic rings. The molecule has 0 bridgehead atoms. The van der Waals surface area contributed by atoms with Crippen LogP contribution in [0.4, 0.5) is 0 Å². The van der Waals surface area contributed by atoms with Crippen LogP contribution in [0.25, 0.3) is 6.08 Å². The van der Waals surface area contributed by atoms with Crippen LogP contribution in [0.15, 0.2) is 18.0 Å². The second-order valence-electron chi connectivity index (χ2n) is 10.7. The first-order chi connectivity index (χ1) is 12.9. The number of hydrogen-bond donors (Lipinski definition) is 1. The Balaban J connectivity index is 1.45. The van der Waals surface area contributed by atoms with Crippen LogP contribution >= 0.6 is 0 Å². The zero-order valence-corrected chi connectivity index (χ0v) is 17.3. The minimum Gasteiger partial charge on any atom is -0.388 e. The Hall–Kier alpha value is -1.09. The van der Waals surface area contributed by atoms with E-state index in [4.69, 9.17) is 0 Å². The van der Waals surface area contributed by atoms with Gasteiger partial charge >= 0.3 is 0 Å². The highest BCUT2D eigenvalue weighted by Gasteiger charge is 2.60. The fraction of sp³-hybridized carbons (Fsp3) is 0.792. The van der Waals surface area contributed by atoms with E-state index in [0.29, 0.717) is 11.3 Å². The fourth-order valence-electron chi connectivity index (χ4n) is 8.02. The Labute approximate surface area is 164 Å². The molecule has 27 heavy (non-hydrogen) atoms. The van der Waals surface area contributed by atoms with E-state index in [1.165, 1.54) is 56.9 Å². The summed E-state index contributed by atoms with van der Waals surface area (Å²) in [5.41, 5.74) is 3.04. The van der Waals surface area contributed by atoms with Crippen LogP contribution in [0.3, 0.4) is 0 Å². The predicted octanol–water partition coefficient (Wildman–Crippen LogP) is 5.21. The summed E-state index contributed by atoms with van der Waals surface area (Å²) in [5, 5.41) is 15.6. The second-order valence-corrected chi connectivity index (χ2v) is 10.7. The van der Waals surface area contributed by atoms with Gasteiger partial charge in [0.15, 0.2) is 0 Å². The minimum atomic E-state index is -0.277.